The molecule has 2 N–H and O–H groups in total. The molecule has 0 aromatic carbocycles. The van der Waals surface area contributed by atoms with Crippen molar-refractivity contribution in [2.75, 3.05) is 6.54 Å². The summed E-state index contributed by atoms with van der Waals surface area (Å²) in [5.41, 5.74) is 0. The Balaban J connectivity index is 1.77. The molecule has 0 amide bonds. The highest BCUT2D eigenvalue weighted by molar-refractivity contribution is 4.87. The molecule has 0 aromatic rings. The van der Waals surface area contributed by atoms with E-state index in [1.807, 2.05) is 0 Å². The standard InChI is InChI=1S/C12H21F2NO/c13-12(14)5-4-9(8-12)11(16)7-10-3-1-2-6-15-10/h9-11,15-16H,1-8H2/t9-,10?,11?/m0/s1. The van der Waals surface area contributed by atoms with Crippen molar-refractivity contribution in [1.82, 2.24) is 5.32 Å². The van der Waals surface area contributed by atoms with E-state index < -0.39 is 12.0 Å². The lowest BCUT2D eigenvalue weighted by Crippen LogP contribution is -2.38. The van der Waals surface area contributed by atoms with Gasteiger partial charge in [0.25, 0.3) is 0 Å². The van der Waals surface area contributed by atoms with Gasteiger partial charge >= 0.3 is 0 Å². The van der Waals surface area contributed by atoms with Crippen LogP contribution >= 0.6 is 0 Å². The molecule has 2 nitrogen and oxygen atoms in total. The maximum atomic E-state index is 13.0. The van der Waals surface area contributed by atoms with Gasteiger partial charge in [0.2, 0.25) is 5.92 Å². The lowest BCUT2D eigenvalue weighted by atomic mass is 9.91. The van der Waals surface area contributed by atoms with E-state index in [9.17, 15) is 13.9 Å². The van der Waals surface area contributed by atoms with Gasteiger partial charge in [0.05, 0.1) is 6.10 Å². The van der Waals surface area contributed by atoms with Gasteiger partial charge in [-0.2, -0.15) is 0 Å². The van der Waals surface area contributed by atoms with Gasteiger partial charge in [-0.25, -0.2) is 8.78 Å². The van der Waals surface area contributed by atoms with Crippen molar-refractivity contribution in [3.63, 3.8) is 0 Å². The van der Waals surface area contributed by atoms with E-state index in [4.69, 9.17) is 0 Å². The van der Waals surface area contributed by atoms with E-state index in [2.05, 4.69) is 5.32 Å². The Kier molecular flexibility index (Phi) is 3.80. The number of nitrogens with one attached hydrogen (secondary N) is 1. The number of aliphatic hydroxyl groups is 1. The molecule has 94 valence electrons. The Hall–Kier alpha value is -0.220. The molecular formula is C12H21F2NO. The summed E-state index contributed by atoms with van der Waals surface area (Å²) >= 11 is 0. The lowest BCUT2D eigenvalue weighted by Gasteiger charge is -2.27. The van der Waals surface area contributed by atoms with E-state index in [0.29, 0.717) is 18.9 Å². The van der Waals surface area contributed by atoms with E-state index in [1.165, 1.54) is 12.8 Å². The number of halogens is 2. The van der Waals surface area contributed by atoms with Crippen LogP contribution in [-0.4, -0.2) is 29.7 Å². The van der Waals surface area contributed by atoms with Gasteiger partial charge in [0, 0.05) is 18.9 Å². The minimum atomic E-state index is -2.54. The first-order valence-corrected chi connectivity index (χ1v) is 6.36. The predicted molar refractivity (Wildman–Crippen MR) is 58.6 cm³/mol. The van der Waals surface area contributed by atoms with E-state index in [-0.39, 0.29) is 18.8 Å². The van der Waals surface area contributed by atoms with E-state index in [0.717, 1.165) is 13.0 Å². The molecule has 0 spiro atoms. The van der Waals surface area contributed by atoms with Crippen molar-refractivity contribution in [3.05, 3.63) is 0 Å². The molecular weight excluding hydrogens is 212 g/mol. The molecule has 1 heterocycles. The van der Waals surface area contributed by atoms with Gasteiger partial charge in [-0.05, 0) is 38.1 Å². The normalized spacial score (nSPS) is 36.2. The van der Waals surface area contributed by atoms with Gasteiger partial charge in [-0.3, -0.25) is 0 Å². The SMILES string of the molecule is OC(CC1CCCCN1)[C@H]1CCC(F)(F)C1. The van der Waals surface area contributed by atoms with Crippen LogP contribution in [0.1, 0.15) is 44.9 Å². The summed E-state index contributed by atoms with van der Waals surface area (Å²) < 4.78 is 26.0. The molecule has 3 atom stereocenters. The molecule has 0 aromatic heterocycles. The Morgan fingerprint density at radius 3 is 2.69 bits per heavy atom. The molecule has 2 rings (SSSR count). The summed E-state index contributed by atoms with van der Waals surface area (Å²) in [5.74, 6) is -2.73. The molecule has 0 radical (unpaired) electrons. The predicted octanol–water partition coefficient (Wildman–Crippen LogP) is 2.31. The van der Waals surface area contributed by atoms with E-state index >= 15 is 0 Å². The number of alkyl halides is 2. The highest BCUT2D eigenvalue weighted by atomic mass is 19.3. The smallest absolute Gasteiger partial charge is 0.248 e. The topological polar surface area (TPSA) is 32.3 Å². The summed E-state index contributed by atoms with van der Waals surface area (Å²) in [4.78, 5) is 0. The number of hydrogen-bond acceptors (Lipinski definition) is 2. The van der Waals surface area contributed by atoms with Gasteiger partial charge in [-0.1, -0.05) is 6.42 Å². The Morgan fingerprint density at radius 1 is 1.31 bits per heavy atom. The monoisotopic (exact) mass is 233 g/mol. The molecule has 2 unspecified atom stereocenters. The fourth-order valence-electron chi connectivity index (χ4n) is 2.92. The molecule has 2 aliphatic rings. The van der Waals surface area contributed by atoms with Gasteiger partial charge in [0.15, 0.2) is 0 Å². The summed E-state index contributed by atoms with van der Waals surface area (Å²) in [6.07, 6.45) is 3.83. The van der Waals surface area contributed by atoms with Crippen LogP contribution in [0.15, 0.2) is 0 Å². The molecule has 1 saturated heterocycles. The van der Waals surface area contributed by atoms with Crippen LogP contribution in [0.5, 0.6) is 0 Å². The summed E-state index contributed by atoms with van der Waals surface area (Å²) in [5, 5.41) is 13.3. The van der Waals surface area contributed by atoms with Gasteiger partial charge < -0.3 is 10.4 Å². The quantitative estimate of drug-likeness (QED) is 0.784. The first-order chi connectivity index (χ1) is 7.57. The molecule has 2 fully saturated rings. The number of rotatable bonds is 3. The van der Waals surface area contributed by atoms with E-state index in [1.54, 1.807) is 0 Å². The molecule has 1 aliphatic heterocycles. The van der Waals surface area contributed by atoms with Crippen LogP contribution in [0.4, 0.5) is 8.78 Å². The second-order valence-electron chi connectivity index (χ2n) is 5.31. The highest BCUT2D eigenvalue weighted by Crippen LogP contribution is 2.41. The number of aliphatic hydroxyl groups excluding tert-OH is 1. The zero-order chi connectivity index (χ0) is 11.6. The fourth-order valence-corrected chi connectivity index (χ4v) is 2.92. The molecule has 4 heteroatoms. The third-order valence-electron chi connectivity index (χ3n) is 3.92. The van der Waals surface area contributed by atoms with Gasteiger partial charge in [-0.15, -0.1) is 0 Å². The Labute approximate surface area is 95.4 Å². The summed E-state index contributed by atoms with van der Waals surface area (Å²) in [6, 6.07) is 0.331. The molecule has 1 aliphatic carbocycles. The van der Waals surface area contributed by atoms with Crippen molar-refractivity contribution in [1.29, 1.82) is 0 Å². The average molecular weight is 233 g/mol. The van der Waals surface area contributed by atoms with Crippen LogP contribution < -0.4 is 5.32 Å². The van der Waals surface area contributed by atoms with Crippen LogP contribution in [0.25, 0.3) is 0 Å². The molecule has 0 bridgehead atoms. The number of piperidine rings is 1. The van der Waals surface area contributed by atoms with Crippen LogP contribution in [0.3, 0.4) is 0 Å². The summed E-state index contributed by atoms with van der Waals surface area (Å²) in [6.45, 7) is 0.998. The fraction of sp³-hybridized carbons (Fsp3) is 1.00. The third kappa shape index (κ3) is 3.14. The summed E-state index contributed by atoms with van der Waals surface area (Å²) in [7, 11) is 0. The molecule has 16 heavy (non-hydrogen) atoms. The second-order valence-corrected chi connectivity index (χ2v) is 5.31. The van der Waals surface area contributed by atoms with Crippen molar-refractivity contribution in [2.45, 2.75) is 63.0 Å². The largest absolute Gasteiger partial charge is 0.393 e. The van der Waals surface area contributed by atoms with Crippen LogP contribution in [0.2, 0.25) is 0 Å². The highest BCUT2D eigenvalue weighted by Gasteiger charge is 2.42. The minimum absolute atomic E-state index is 0.0488. The van der Waals surface area contributed by atoms with Crippen molar-refractivity contribution >= 4 is 0 Å². The van der Waals surface area contributed by atoms with Crippen molar-refractivity contribution in [3.8, 4) is 0 Å². The number of hydrogen-bond donors (Lipinski definition) is 2. The average Bonchev–Trinajstić information content (AvgIpc) is 2.60. The molecule has 1 saturated carbocycles. The van der Waals surface area contributed by atoms with Crippen LogP contribution in [0, 0.1) is 5.92 Å². The lowest BCUT2D eigenvalue weighted by molar-refractivity contribution is -0.00699. The Bertz CT molecular complexity index is 229. The zero-order valence-corrected chi connectivity index (χ0v) is 9.59. The zero-order valence-electron chi connectivity index (χ0n) is 9.59. The van der Waals surface area contributed by atoms with Crippen molar-refractivity contribution < 1.29 is 13.9 Å². The third-order valence-corrected chi connectivity index (χ3v) is 3.92. The minimum Gasteiger partial charge on any atom is -0.393 e. The second kappa shape index (κ2) is 4.96. The van der Waals surface area contributed by atoms with Gasteiger partial charge in [0.1, 0.15) is 0 Å². The first kappa shape index (κ1) is 12.2. The first-order valence-electron chi connectivity index (χ1n) is 6.36. The Morgan fingerprint density at radius 2 is 2.12 bits per heavy atom. The maximum Gasteiger partial charge on any atom is 0.248 e. The maximum absolute atomic E-state index is 13.0. The van der Waals surface area contributed by atoms with Crippen molar-refractivity contribution in [2.24, 2.45) is 5.92 Å². The van der Waals surface area contributed by atoms with Crippen LogP contribution in [-0.2, 0) is 0 Å².